The maximum atomic E-state index is 12.9. The summed E-state index contributed by atoms with van der Waals surface area (Å²) in [5, 5.41) is 22.7. The van der Waals surface area contributed by atoms with Crippen LogP contribution < -0.4 is 15.4 Å². The molecule has 3 rings (SSSR count). The normalized spacial score (nSPS) is 12.8. The molecule has 12 heteroatoms. The molecule has 0 unspecified atom stereocenters. The third-order valence-electron chi connectivity index (χ3n) is 3.39. The molecule has 27 heavy (non-hydrogen) atoms. The van der Waals surface area contributed by atoms with Crippen LogP contribution in [0, 0.1) is 0 Å². The van der Waals surface area contributed by atoms with Gasteiger partial charge in [-0.1, -0.05) is 0 Å². The number of hydrogen-bond donors (Lipinski definition) is 2. The van der Waals surface area contributed by atoms with E-state index in [1.807, 2.05) is 0 Å². The third-order valence-corrected chi connectivity index (χ3v) is 3.39. The quantitative estimate of drug-likeness (QED) is 0.659. The Balaban J connectivity index is 1.97. The van der Waals surface area contributed by atoms with E-state index in [0.717, 1.165) is 0 Å². The van der Waals surface area contributed by atoms with Gasteiger partial charge in [0.1, 0.15) is 5.75 Å². The fraction of sp³-hybridized carbons (Fsp3) is 0.200. The highest BCUT2D eigenvalue weighted by atomic mass is 19.3. The second-order valence-corrected chi connectivity index (χ2v) is 5.09. The van der Waals surface area contributed by atoms with Gasteiger partial charge in [0.2, 0.25) is 0 Å². The molecule has 3 aromatic rings. The van der Waals surface area contributed by atoms with Crippen molar-refractivity contribution in [3.05, 3.63) is 36.2 Å². The number of nitrogens with one attached hydrogen (secondary N) is 2. The van der Waals surface area contributed by atoms with Gasteiger partial charge in [-0.3, -0.25) is 4.79 Å². The summed E-state index contributed by atoms with van der Waals surface area (Å²) in [5.41, 5.74) is 0.138. The lowest BCUT2D eigenvalue weighted by Gasteiger charge is -2.15. The van der Waals surface area contributed by atoms with Crippen LogP contribution in [0.3, 0.4) is 0 Å². The topological polar surface area (TPSA) is 120 Å². The van der Waals surface area contributed by atoms with Gasteiger partial charge in [0.05, 0.1) is 17.6 Å². The molecule has 0 aliphatic carbocycles. The number of anilines is 2. The fourth-order valence-electron chi connectivity index (χ4n) is 2.24. The van der Waals surface area contributed by atoms with E-state index in [2.05, 4.69) is 35.8 Å². The number of alkyl halides is 2. The van der Waals surface area contributed by atoms with Crippen molar-refractivity contribution in [2.24, 2.45) is 7.05 Å². The summed E-state index contributed by atoms with van der Waals surface area (Å²) in [4.78, 5) is 12.2. The number of ether oxygens (including phenoxy) is 1. The first kappa shape index (κ1) is 14.5. The average molecular weight is 379 g/mol. The lowest BCUT2D eigenvalue weighted by molar-refractivity contribution is -0.0493. The smallest absolute Gasteiger partial charge is 0.387 e. The van der Waals surface area contributed by atoms with Crippen LogP contribution in [-0.2, 0) is 7.05 Å². The molecule has 0 saturated carbocycles. The van der Waals surface area contributed by atoms with Gasteiger partial charge >= 0.3 is 6.61 Å². The van der Waals surface area contributed by atoms with Crippen LogP contribution >= 0.6 is 0 Å². The lowest BCUT2D eigenvalue weighted by atomic mass is 10.1. The van der Waals surface area contributed by atoms with Crippen LogP contribution in [-0.4, -0.2) is 49.9 Å². The van der Waals surface area contributed by atoms with E-state index in [1.165, 1.54) is 29.1 Å². The maximum Gasteiger partial charge on any atom is 0.387 e. The van der Waals surface area contributed by atoms with Gasteiger partial charge in [0, 0.05) is 23.7 Å². The first-order valence-electron chi connectivity index (χ1n) is 8.87. The number of aryl methyl sites for hydroxylation is 1. The molecule has 0 saturated heterocycles. The summed E-state index contributed by atoms with van der Waals surface area (Å²) in [6, 6.07) is 5.57. The second-order valence-electron chi connectivity index (χ2n) is 5.09. The first-order chi connectivity index (χ1) is 14.1. The first-order valence-corrected chi connectivity index (χ1v) is 7.37. The van der Waals surface area contributed by atoms with Crippen LogP contribution in [0.4, 0.5) is 20.2 Å². The lowest BCUT2D eigenvalue weighted by Crippen LogP contribution is -2.21. The molecular weight excluding hydrogens is 362 g/mol. The van der Waals surface area contributed by atoms with E-state index >= 15 is 0 Å². The Morgan fingerprint density at radius 2 is 2.15 bits per heavy atom. The largest absolute Gasteiger partial charge is 0.433 e. The molecule has 0 spiro atoms. The van der Waals surface area contributed by atoms with E-state index in [0.29, 0.717) is 11.4 Å². The predicted octanol–water partition coefficient (Wildman–Crippen LogP) is 1.37. The minimum absolute atomic E-state index is 0.0268. The molecule has 0 aliphatic rings. The summed E-state index contributed by atoms with van der Waals surface area (Å²) in [5.74, 6) is -0.975. The number of tetrazole rings is 1. The molecule has 2 heterocycles. The highest BCUT2D eigenvalue weighted by molar-refractivity contribution is 5.98. The van der Waals surface area contributed by atoms with Gasteiger partial charge in [-0.25, -0.2) is 4.68 Å². The maximum absolute atomic E-state index is 12.9. The number of benzene rings is 1. The zero-order chi connectivity index (χ0) is 21.9. The Morgan fingerprint density at radius 3 is 2.85 bits per heavy atom. The minimum Gasteiger partial charge on any atom is -0.433 e. The molecule has 0 fully saturated rings. The van der Waals surface area contributed by atoms with Crippen molar-refractivity contribution >= 4 is 17.3 Å². The van der Waals surface area contributed by atoms with Crippen molar-refractivity contribution in [2.45, 2.75) is 6.61 Å². The standard InChI is InChI=1S/C15H14F2N8O2/c1-18-14(26)12-10(5-6-19-21-12)20-9-4-3-8(7-11(9)27-15(16)17)13-22-23-24-25(13)2/h3-7,15H,1-2H3,(H,18,26)(H,19,20)/i1D3. The van der Waals surface area contributed by atoms with Gasteiger partial charge in [-0.2, -0.15) is 13.9 Å². The van der Waals surface area contributed by atoms with Crippen LogP contribution in [0.15, 0.2) is 30.5 Å². The molecule has 0 radical (unpaired) electrons. The van der Waals surface area contributed by atoms with Crippen molar-refractivity contribution in [3.63, 3.8) is 0 Å². The SMILES string of the molecule is [2H]C([2H])([2H])NC(=O)c1nnccc1Nc1ccc(-c2nnnn2C)cc1OC(F)F. The monoisotopic (exact) mass is 379 g/mol. The number of aromatic nitrogens is 6. The Labute approximate surface area is 155 Å². The molecule has 2 N–H and O–H groups in total. The summed E-state index contributed by atoms with van der Waals surface area (Å²) in [6.07, 6.45) is 1.24. The van der Waals surface area contributed by atoms with E-state index in [4.69, 9.17) is 4.11 Å². The van der Waals surface area contributed by atoms with E-state index in [9.17, 15) is 13.6 Å². The Kier molecular flexibility index (Phi) is 4.11. The molecule has 0 atom stereocenters. The van der Waals surface area contributed by atoms with Crippen LogP contribution in [0.1, 0.15) is 14.6 Å². The molecule has 2 aromatic heterocycles. The third kappa shape index (κ3) is 3.94. The highest BCUT2D eigenvalue weighted by Gasteiger charge is 2.17. The molecule has 0 aliphatic heterocycles. The number of halogens is 2. The highest BCUT2D eigenvalue weighted by Crippen LogP contribution is 2.33. The Morgan fingerprint density at radius 1 is 1.30 bits per heavy atom. The van der Waals surface area contributed by atoms with Gasteiger partial charge in [-0.05, 0) is 34.7 Å². The number of carbonyl (C=O) groups is 1. The minimum atomic E-state index is -3.13. The van der Waals surface area contributed by atoms with Gasteiger partial charge < -0.3 is 15.4 Å². The average Bonchev–Trinajstić information content (AvgIpc) is 3.07. The summed E-state index contributed by atoms with van der Waals surface area (Å²) in [7, 11) is 1.58. The van der Waals surface area contributed by atoms with Crippen molar-refractivity contribution < 1.29 is 22.4 Å². The van der Waals surface area contributed by atoms with Crippen LogP contribution in [0.2, 0.25) is 0 Å². The summed E-state index contributed by atoms with van der Waals surface area (Å²) in [6.45, 7) is -5.88. The molecule has 140 valence electrons. The van der Waals surface area contributed by atoms with E-state index < -0.39 is 19.5 Å². The van der Waals surface area contributed by atoms with E-state index in [1.54, 1.807) is 18.4 Å². The number of rotatable bonds is 6. The molecular formula is C15H14F2N8O2. The van der Waals surface area contributed by atoms with Crippen LogP contribution in [0.5, 0.6) is 5.75 Å². The van der Waals surface area contributed by atoms with Gasteiger partial charge in [0.25, 0.3) is 5.91 Å². The second kappa shape index (κ2) is 7.68. The van der Waals surface area contributed by atoms with Crippen molar-refractivity contribution in [1.82, 2.24) is 35.7 Å². The molecule has 1 aromatic carbocycles. The van der Waals surface area contributed by atoms with Crippen molar-refractivity contribution in [1.29, 1.82) is 0 Å². The Hall–Kier alpha value is -3.70. The predicted molar refractivity (Wildman–Crippen MR) is 89.6 cm³/mol. The van der Waals surface area contributed by atoms with Crippen LogP contribution in [0.25, 0.3) is 11.4 Å². The molecule has 1 amide bonds. The number of nitrogens with zero attached hydrogens (tertiary/aromatic N) is 6. The van der Waals surface area contributed by atoms with Crippen molar-refractivity contribution in [2.75, 3.05) is 12.3 Å². The number of carbonyl (C=O) groups excluding carboxylic acids is 1. The van der Waals surface area contributed by atoms with Gasteiger partial charge in [0.15, 0.2) is 11.5 Å². The summed E-state index contributed by atoms with van der Waals surface area (Å²) >= 11 is 0. The molecule has 10 nitrogen and oxygen atoms in total. The number of amides is 1. The van der Waals surface area contributed by atoms with Gasteiger partial charge in [-0.15, -0.1) is 10.2 Å². The zero-order valence-electron chi connectivity index (χ0n) is 16.7. The summed E-state index contributed by atoms with van der Waals surface area (Å²) < 4.78 is 53.2. The Bertz CT molecular complexity index is 1060. The fourth-order valence-corrected chi connectivity index (χ4v) is 2.24. The zero-order valence-corrected chi connectivity index (χ0v) is 13.7. The van der Waals surface area contributed by atoms with E-state index in [-0.39, 0.29) is 22.8 Å². The molecule has 0 bridgehead atoms. The van der Waals surface area contributed by atoms with Crippen molar-refractivity contribution in [3.8, 4) is 17.1 Å². The number of hydrogen-bond acceptors (Lipinski definition) is 8.